The van der Waals surface area contributed by atoms with Gasteiger partial charge in [-0.3, -0.25) is 4.79 Å². The van der Waals surface area contributed by atoms with Crippen LogP contribution in [0.3, 0.4) is 0 Å². The third-order valence-electron chi connectivity index (χ3n) is 3.16. The smallest absolute Gasteiger partial charge is 0.239 e. The fourth-order valence-electron chi connectivity index (χ4n) is 2.18. The number of nitrogens with zero attached hydrogens (tertiary/aromatic N) is 1. The van der Waals surface area contributed by atoms with E-state index in [1.54, 1.807) is 6.92 Å². The predicted molar refractivity (Wildman–Crippen MR) is 50.2 cm³/mol. The monoisotopic (exact) mass is 183 g/mol. The minimum Gasteiger partial charge on any atom is -0.339 e. The Morgan fingerprint density at radius 1 is 1.62 bits per heavy atom. The zero-order chi connectivity index (χ0) is 9.47. The van der Waals surface area contributed by atoms with Crippen molar-refractivity contribution in [1.82, 2.24) is 10.2 Å². The molecule has 2 rings (SSSR count). The molecule has 3 N–H and O–H groups in total. The summed E-state index contributed by atoms with van der Waals surface area (Å²) in [5, 5.41) is 3.41. The fraction of sp³-hybridized carbons (Fsp3) is 0.889. The van der Waals surface area contributed by atoms with Gasteiger partial charge in [-0.05, 0) is 26.3 Å². The molecule has 2 aliphatic rings. The van der Waals surface area contributed by atoms with E-state index in [4.69, 9.17) is 5.73 Å². The van der Waals surface area contributed by atoms with E-state index in [9.17, 15) is 4.79 Å². The first-order chi connectivity index (χ1) is 6.13. The topological polar surface area (TPSA) is 58.4 Å². The van der Waals surface area contributed by atoms with E-state index in [-0.39, 0.29) is 17.5 Å². The molecule has 0 aliphatic carbocycles. The first-order valence-electron chi connectivity index (χ1n) is 4.92. The van der Waals surface area contributed by atoms with Crippen molar-refractivity contribution < 1.29 is 4.79 Å². The molecule has 2 heterocycles. The molecule has 2 saturated heterocycles. The van der Waals surface area contributed by atoms with Crippen LogP contribution in [0.4, 0.5) is 0 Å². The van der Waals surface area contributed by atoms with Gasteiger partial charge in [0.2, 0.25) is 5.91 Å². The van der Waals surface area contributed by atoms with Gasteiger partial charge in [0, 0.05) is 18.6 Å². The van der Waals surface area contributed by atoms with Crippen molar-refractivity contribution in [3.63, 3.8) is 0 Å². The van der Waals surface area contributed by atoms with Crippen molar-refractivity contribution in [2.24, 2.45) is 5.73 Å². The summed E-state index contributed by atoms with van der Waals surface area (Å²) in [4.78, 5) is 13.4. The van der Waals surface area contributed by atoms with E-state index in [2.05, 4.69) is 5.32 Å². The lowest BCUT2D eigenvalue weighted by Gasteiger charge is -2.39. The van der Waals surface area contributed by atoms with E-state index in [0.717, 1.165) is 26.1 Å². The average molecular weight is 183 g/mol. The molecular formula is C9H17N3O. The highest BCUT2D eigenvalue weighted by molar-refractivity contribution is 5.81. The summed E-state index contributed by atoms with van der Waals surface area (Å²) in [7, 11) is 0. The number of rotatable bonds is 1. The van der Waals surface area contributed by atoms with Crippen molar-refractivity contribution in [2.75, 3.05) is 19.6 Å². The molecule has 4 heteroatoms. The van der Waals surface area contributed by atoms with Gasteiger partial charge >= 0.3 is 0 Å². The second-order valence-electron chi connectivity index (χ2n) is 4.26. The van der Waals surface area contributed by atoms with Crippen LogP contribution in [0.15, 0.2) is 0 Å². The van der Waals surface area contributed by atoms with Gasteiger partial charge in [-0.25, -0.2) is 0 Å². The molecule has 0 saturated carbocycles. The van der Waals surface area contributed by atoms with Crippen LogP contribution in [0, 0.1) is 0 Å². The summed E-state index contributed by atoms with van der Waals surface area (Å²) in [5.41, 5.74) is 5.81. The van der Waals surface area contributed by atoms with Gasteiger partial charge in [-0.15, -0.1) is 0 Å². The molecule has 2 fully saturated rings. The molecule has 4 nitrogen and oxygen atoms in total. The molecule has 2 aliphatic heterocycles. The number of nitrogens with two attached hydrogens (primary N) is 1. The number of hydrogen-bond donors (Lipinski definition) is 2. The molecule has 1 spiro atoms. The largest absolute Gasteiger partial charge is 0.339 e. The third kappa shape index (κ3) is 1.44. The van der Waals surface area contributed by atoms with Gasteiger partial charge in [-0.2, -0.15) is 0 Å². The van der Waals surface area contributed by atoms with Gasteiger partial charge in [0.05, 0.1) is 6.04 Å². The molecular weight excluding hydrogens is 166 g/mol. The lowest BCUT2D eigenvalue weighted by atomic mass is 9.87. The molecule has 1 amide bonds. The standard InChI is InChI=1S/C9H17N3O/c1-7(10)8(13)12-5-3-9(6-12)2-4-11-9/h7,11H,2-6,10H2,1H3. The minimum absolute atomic E-state index is 0.0885. The highest BCUT2D eigenvalue weighted by Gasteiger charge is 2.44. The van der Waals surface area contributed by atoms with E-state index >= 15 is 0 Å². The van der Waals surface area contributed by atoms with Crippen LogP contribution < -0.4 is 11.1 Å². The van der Waals surface area contributed by atoms with E-state index < -0.39 is 0 Å². The molecule has 0 radical (unpaired) electrons. The van der Waals surface area contributed by atoms with E-state index in [1.807, 2.05) is 4.90 Å². The Kier molecular flexibility index (Phi) is 2.04. The van der Waals surface area contributed by atoms with Gasteiger partial charge in [-0.1, -0.05) is 0 Å². The highest BCUT2D eigenvalue weighted by atomic mass is 16.2. The summed E-state index contributed by atoms with van der Waals surface area (Å²) < 4.78 is 0. The van der Waals surface area contributed by atoms with Crippen LogP contribution >= 0.6 is 0 Å². The highest BCUT2D eigenvalue weighted by Crippen LogP contribution is 2.30. The maximum absolute atomic E-state index is 11.5. The van der Waals surface area contributed by atoms with Crippen molar-refractivity contribution >= 4 is 5.91 Å². The fourth-order valence-corrected chi connectivity index (χ4v) is 2.18. The Morgan fingerprint density at radius 3 is 2.69 bits per heavy atom. The number of carbonyl (C=O) groups excluding carboxylic acids is 1. The second kappa shape index (κ2) is 2.96. The predicted octanol–water partition coefficient (Wildman–Crippen LogP) is -0.702. The zero-order valence-electron chi connectivity index (χ0n) is 8.05. The molecule has 2 unspecified atom stereocenters. The van der Waals surface area contributed by atoms with Crippen molar-refractivity contribution in [2.45, 2.75) is 31.3 Å². The maximum Gasteiger partial charge on any atom is 0.239 e. The van der Waals surface area contributed by atoms with Crippen LogP contribution in [0.2, 0.25) is 0 Å². The summed E-state index contributed by atoms with van der Waals surface area (Å²) >= 11 is 0. The van der Waals surface area contributed by atoms with Crippen molar-refractivity contribution in [1.29, 1.82) is 0 Å². The SMILES string of the molecule is CC(N)C(=O)N1CCC2(CCN2)C1. The van der Waals surface area contributed by atoms with Gasteiger partial charge in [0.25, 0.3) is 0 Å². The second-order valence-corrected chi connectivity index (χ2v) is 4.26. The Balaban J connectivity index is 1.94. The molecule has 0 aromatic rings. The molecule has 2 atom stereocenters. The number of nitrogens with one attached hydrogen (secondary N) is 1. The van der Waals surface area contributed by atoms with Crippen molar-refractivity contribution in [3.05, 3.63) is 0 Å². The number of hydrogen-bond acceptors (Lipinski definition) is 3. The van der Waals surface area contributed by atoms with Crippen LogP contribution in [-0.4, -0.2) is 42.0 Å². The van der Waals surface area contributed by atoms with Gasteiger partial charge in [0.1, 0.15) is 0 Å². The third-order valence-corrected chi connectivity index (χ3v) is 3.16. The van der Waals surface area contributed by atoms with Gasteiger partial charge < -0.3 is 16.0 Å². The quantitative estimate of drug-likeness (QED) is 0.565. The van der Waals surface area contributed by atoms with Gasteiger partial charge in [0.15, 0.2) is 0 Å². The van der Waals surface area contributed by atoms with Crippen LogP contribution in [0.1, 0.15) is 19.8 Å². The Morgan fingerprint density at radius 2 is 2.31 bits per heavy atom. The summed E-state index contributed by atoms with van der Waals surface area (Å²) in [5.74, 6) is 0.0885. The van der Waals surface area contributed by atoms with E-state index in [0.29, 0.717) is 0 Å². The van der Waals surface area contributed by atoms with E-state index in [1.165, 1.54) is 6.42 Å². The Bertz CT molecular complexity index is 223. The normalized spacial score (nSPS) is 34.8. The number of amides is 1. The molecule has 0 bridgehead atoms. The van der Waals surface area contributed by atoms with Crippen LogP contribution in [0.5, 0.6) is 0 Å². The first kappa shape index (κ1) is 8.97. The number of likely N-dealkylation sites (tertiary alicyclic amines) is 1. The molecule has 74 valence electrons. The zero-order valence-corrected chi connectivity index (χ0v) is 8.05. The Hall–Kier alpha value is -0.610. The first-order valence-corrected chi connectivity index (χ1v) is 4.92. The summed E-state index contributed by atoms with van der Waals surface area (Å²) in [6, 6.07) is -0.352. The lowest BCUT2D eigenvalue weighted by Crippen LogP contribution is -2.59. The average Bonchev–Trinajstić information content (AvgIpc) is 2.45. The van der Waals surface area contributed by atoms with Crippen LogP contribution in [-0.2, 0) is 4.79 Å². The minimum atomic E-state index is -0.352. The maximum atomic E-state index is 11.5. The van der Waals surface area contributed by atoms with Crippen molar-refractivity contribution in [3.8, 4) is 0 Å². The van der Waals surface area contributed by atoms with Crippen LogP contribution in [0.25, 0.3) is 0 Å². The Labute approximate surface area is 78.5 Å². The molecule has 0 aromatic carbocycles. The molecule has 13 heavy (non-hydrogen) atoms. The summed E-state index contributed by atoms with van der Waals surface area (Å²) in [6.07, 6.45) is 2.29. The molecule has 0 aromatic heterocycles. The lowest BCUT2D eigenvalue weighted by molar-refractivity contribution is -0.131. The number of carbonyl (C=O) groups is 1. The summed E-state index contributed by atoms with van der Waals surface area (Å²) in [6.45, 7) is 4.57.